The van der Waals surface area contributed by atoms with E-state index in [1.54, 1.807) is 13.1 Å². The van der Waals surface area contributed by atoms with Crippen LogP contribution in [0.2, 0.25) is 0 Å². The van der Waals surface area contributed by atoms with Gasteiger partial charge in [-0.05, 0) is 56.9 Å². The molecule has 1 aromatic heterocycles. The standard InChI is InChI=1S/C23H32FN7O2/c1-28-21-17(22(27-28)31-11-7-19(32)26-23(31)33)2-3-18(20(21)24)30-14-12-29(13-15-30)10-6-16-4-8-25-9-5-16/h2-3,16,25H,4-15H2,1H3,(H,26,32,33). The Labute approximate surface area is 192 Å². The Morgan fingerprint density at radius 1 is 1.09 bits per heavy atom. The van der Waals surface area contributed by atoms with Gasteiger partial charge in [-0.25, -0.2) is 9.18 Å². The number of fused-ring (bicyclic) bond motifs is 1. The Morgan fingerprint density at radius 3 is 2.58 bits per heavy atom. The molecule has 0 atom stereocenters. The van der Waals surface area contributed by atoms with Crippen molar-refractivity contribution in [1.82, 2.24) is 25.3 Å². The average Bonchev–Trinajstić information content (AvgIpc) is 3.16. The zero-order valence-corrected chi connectivity index (χ0v) is 19.1. The SMILES string of the molecule is Cn1nc(N2CCC(=O)NC2=O)c2ccc(N3CCN(CCC4CCNCC4)CC3)c(F)c21. The molecule has 10 heteroatoms. The van der Waals surface area contributed by atoms with E-state index in [1.807, 2.05) is 6.07 Å². The quantitative estimate of drug-likeness (QED) is 0.711. The van der Waals surface area contributed by atoms with E-state index >= 15 is 4.39 Å². The molecule has 0 aliphatic carbocycles. The largest absolute Gasteiger partial charge is 0.367 e. The van der Waals surface area contributed by atoms with Crippen LogP contribution >= 0.6 is 0 Å². The summed E-state index contributed by atoms with van der Waals surface area (Å²) < 4.78 is 17.1. The van der Waals surface area contributed by atoms with Crippen molar-refractivity contribution < 1.29 is 14.0 Å². The summed E-state index contributed by atoms with van der Waals surface area (Å²) in [6, 6.07) is 3.11. The van der Waals surface area contributed by atoms with Crippen molar-refractivity contribution >= 4 is 34.3 Å². The Morgan fingerprint density at radius 2 is 1.85 bits per heavy atom. The van der Waals surface area contributed by atoms with Crippen LogP contribution in [0, 0.1) is 11.7 Å². The van der Waals surface area contributed by atoms with Gasteiger partial charge in [0.25, 0.3) is 0 Å². The minimum Gasteiger partial charge on any atom is -0.367 e. The molecular formula is C23H32FN7O2. The lowest BCUT2D eigenvalue weighted by Gasteiger charge is -2.37. The fourth-order valence-electron chi connectivity index (χ4n) is 5.25. The highest BCUT2D eigenvalue weighted by Gasteiger charge is 2.30. The van der Waals surface area contributed by atoms with E-state index in [1.165, 1.54) is 28.8 Å². The topological polar surface area (TPSA) is 85.7 Å². The molecule has 9 nitrogen and oxygen atoms in total. The second kappa shape index (κ2) is 9.26. The van der Waals surface area contributed by atoms with Gasteiger partial charge in [0.15, 0.2) is 11.6 Å². The monoisotopic (exact) mass is 457 g/mol. The number of anilines is 2. The number of urea groups is 1. The number of amides is 3. The van der Waals surface area contributed by atoms with Crippen molar-refractivity contribution in [2.75, 3.05) is 62.2 Å². The second-order valence-corrected chi connectivity index (χ2v) is 9.31. The Hall–Kier alpha value is -2.72. The van der Waals surface area contributed by atoms with Crippen LogP contribution in [0.3, 0.4) is 0 Å². The van der Waals surface area contributed by atoms with Gasteiger partial charge in [0, 0.05) is 51.6 Å². The zero-order valence-electron chi connectivity index (χ0n) is 19.1. The molecule has 1 aromatic carbocycles. The molecule has 3 amide bonds. The van der Waals surface area contributed by atoms with Gasteiger partial charge in [0.1, 0.15) is 5.52 Å². The molecule has 2 aromatic rings. The first-order chi connectivity index (χ1) is 16.0. The van der Waals surface area contributed by atoms with Crippen LogP contribution in [0.4, 0.5) is 20.7 Å². The molecule has 0 bridgehead atoms. The number of piperazine rings is 1. The number of nitrogens with zero attached hydrogens (tertiary/aromatic N) is 5. The van der Waals surface area contributed by atoms with E-state index in [2.05, 4.69) is 25.5 Å². The Kier molecular flexibility index (Phi) is 6.20. The van der Waals surface area contributed by atoms with Gasteiger partial charge in [-0.3, -0.25) is 24.6 Å². The Balaban J connectivity index is 1.28. The van der Waals surface area contributed by atoms with E-state index < -0.39 is 6.03 Å². The first-order valence-corrected chi connectivity index (χ1v) is 12.0. The highest BCUT2D eigenvalue weighted by molar-refractivity contribution is 6.09. The summed E-state index contributed by atoms with van der Waals surface area (Å²) >= 11 is 0. The molecule has 3 saturated heterocycles. The van der Waals surface area contributed by atoms with Crippen LogP contribution in [0.5, 0.6) is 0 Å². The smallest absolute Gasteiger partial charge is 0.329 e. The number of halogens is 1. The molecule has 2 N–H and O–H groups in total. The highest BCUT2D eigenvalue weighted by Crippen LogP contribution is 2.34. The maximum atomic E-state index is 15.6. The van der Waals surface area contributed by atoms with Crippen LogP contribution < -0.4 is 20.4 Å². The van der Waals surface area contributed by atoms with Crippen LogP contribution in [-0.4, -0.2) is 79.0 Å². The third-order valence-electron chi connectivity index (χ3n) is 7.24. The summed E-state index contributed by atoms with van der Waals surface area (Å²) in [5.74, 6) is 0.583. The molecule has 0 spiro atoms. The molecule has 0 saturated carbocycles. The van der Waals surface area contributed by atoms with Crippen LogP contribution in [0.25, 0.3) is 10.9 Å². The van der Waals surface area contributed by atoms with E-state index in [4.69, 9.17) is 0 Å². The number of aromatic nitrogens is 2. The number of aryl methyl sites for hydroxylation is 1. The van der Waals surface area contributed by atoms with Crippen molar-refractivity contribution in [3.05, 3.63) is 17.9 Å². The number of piperidine rings is 1. The number of nitrogens with one attached hydrogen (secondary N) is 2. The summed E-state index contributed by atoms with van der Waals surface area (Å²) in [4.78, 5) is 29.8. The van der Waals surface area contributed by atoms with Crippen molar-refractivity contribution in [1.29, 1.82) is 0 Å². The minimum atomic E-state index is -0.517. The number of hydrogen-bond acceptors (Lipinski definition) is 6. The predicted octanol–water partition coefficient (Wildman–Crippen LogP) is 1.67. The normalized spacial score (nSPS) is 21.2. The lowest BCUT2D eigenvalue weighted by Crippen LogP contribution is -2.49. The summed E-state index contributed by atoms with van der Waals surface area (Å²) in [6.07, 6.45) is 3.99. The molecule has 3 aliphatic heterocycles. The van der Waals surface area contributed by atoms with E-state index in [9.17, 15) is 9.59 Å². The third kappa shape index (κ3) is 4.41. The lowest BCUT2D eigenvalue weighted by molar-refractivity contribution is -0.120. The van der Waals surface area contributed by atoms with Crippen LogP contribution in [0.1, 0.15) is 25.7 Å². The second-order valence-electron chi connectivity index (χ2n) is 9.31. The van der Waals surface area contributed by atoms with Gasteiger partial charge in [-0.15, -0.1) is 0 Å². The summed E-state index contributed by atoms with van der Waals surface area (Å²) in [5.41, 5.74) is 0.953. The van der Waals surface area contributed by atoms with Gasteiger partial charge < -0.3 is 10.2 Å². The van der Waals surface area contributed by atoms with Crippen molar-refractivity contribution in [3.8, 4) is 0 Å². The zero-order chi connectivity index (χ0) is 22.9. The minimum absolute atomic E-state index is 0.201. The van der Waals surface area contributed by atoms with E-state index in [0.717, 1.165) is 51.7 Å². The summed E-state index contributed by atoms with van der Waals surface area (Å²) in [7, 11) is 1.68. The summed E-state index contributed by atoms with van der Waals surface area (Å²) in [6.45, 7) is 7.06. The number of rotatable bonds is 5. The van der Waals surface area contributed by atoms with Gasteiger partial charge in [-0.1, -0.05) is 0 Å². The Bertz CT molecular complexity index is 1040. The fraction of sp³-hybridized carbons (Fsp3) is 0.609. The molecule has 4 heterocycles. The first-order valence-electron chi connectivity index (χ1n) is 12.0. The van der Waals surface area contributed by atoms with E-state index in [-0.39, 0.29) is 24.7 Å². The van der Waals surface area contributed by atoms with Crippen LogP contribution in [0.15, 0.2) is 12.1 Å². The molecular weight excluding hydrogens is 425 g/mol. The predicted molar refractivity (Wildman–Crippen MR) is 125 cm³/mol. The molecule has 33 heavy (non-hydrogen) atoms. The molecule has 3 aliphatic rings. The summed E-state index contributed by atoms with van der Waals surface area (Å²) in [5, 5.41) is 10.7. The fourth-order valence-corrected chi connectivity index (χ4v) is 5.25. The maximum Gasteiger partial charge on any atom is 0.329 e. The van der Waals surface area contributed by atoms with Gasteiger partial charge in [-0.2, -0.15) is 5.10 Å². The van der Waals surface area contributed by atoms with Crippen molar-refractivity contribution in [3.63, 3.8) is 0 Å². The molecule has 5 rings (SSSR count). The molecule has 3 fully saturated rings. The van der Waals surface area contributed by atoms with Crippen molar-refractivity contribution in [2.45, 2.75) is 25.7 Å². The van der Waals surface area contributed by atoms with Crippen LogP contribution in [-0.2, 0) is 11.8 Å². The molecule has 178 valence electrons. The highest BCUT2D eigenvalue weighted by atomic mass is 19.1. The van der Waals surface area contributed by atoms with E-state index in [0.29, 0.717) is 22.4 Å². The average molecular weight is 458 g/mol. The van der Waals surface area contributed by atoms with Gasteiger partial charge >= 0.3 is 6.03 Å². The van der Waals surface area contributed by atoms with Gasteiger partial charge in [0.05, 0.1) is 5.69 Å². The first kappa shape index (κ1) is 22.1. The number of hydrogen-bond donors (Lipinski definition) is 2. The maximum absolute atomic E-state index is 15.6. The molecule has 0 unspecified atom stereocenters. The molecule has 0 radical (unpaired) electrons. The lowest BCUT2D eigenvalue weighted by atomic mass is 9.94. The number of carbonyl (C=O) groups is 2. The van der Waals surface area contributed by atoms with Gasteiger partial charge in [0.2, 0.25) is 5.91 Å². The number of carbonyl (C=O) groups excluding carboxylic acids is 2. The number of benzene rings is 1. The number of imide groups is 1. The third-order valence-corrected chi connectivity index (χ3v) is 7.24. The van der Waals surface area contributed by atoms with Crippen molar-refractivity contribution in [2.24, 2.45) is 13.0 Å².